The van der Waals surface area contributed by atoms with Crippen LogP contribution in [-0.2, 0) is 9.59 Å². The summed E-state index contributed by atoms with van der Waals surface area (Å²) in [4.78, 5) is 26.4. The number of aryl methyl sites for hydroxylation is 1. The molecule has 4 atom stereocenters. The van der Waals surface area contributed by atoms with E-state index < -0.39 is 0 Å². The second kappa shape index (κ2) is 6.44. The monoisotopic (exact) mass is 314 g/mol. The molecule has 1 heterocycles. The quantitative estimate of drug-likeness (QED) is 0.873. The fourth-order valence-corrected chi connectivity index (χ4v) is 3.80. The number of rotatable bonds is 3. The van der Waals surface area contributed by atoms with Gasteiger partial charge in [0.05, 0.1) is 18.2 Å². The maximum absolute atomic E-state index is 12.7. The number of hydrogen-bond acceptors (Lipinski definition) is 3. The maximum atomic E-state index is 12.7. The number of nitrogens with zero attached hydrogens (tertiary/aromatic N) is 1. The standard InChI is InChI=1S/C19H26N2O2/c1-12-7-9-15(10-8-12)21-18(22)11-17(19(21)23)20-16-6-4-5-13(2)14(16)3/h7-10,13-14,16-17,20H,4-6,11H2,1-3H3/t13-,14-,16-,17-/m1/s1. The average molecular weight is 314 g/mol. The van der Waals surface area contributed by atoms with Crippen LogP contribution in [0, 0.1) is 18.8 Å². The minimum Gasteiger partial charge on any atom is -0.302 e. The van der Waals surface area contributed by atoms with E-state index >= 15 is 0 Å². The predicted molar refractivity (Wildman–Crippen MR) is 91.2 cm³/mol. The lowest BCUT2D eigenvalue weighted by molar-refractivity contribution is -0.121. The number of hydrogen-bond donors (Lipinski definition) is 1. The highest BCUT2D eigenvalue weighted by atomic mass is 16.2. The Morgan fingerprint density at radius 1 is 1.09 bits per heavy atom. The topological polar surface area (TPSA) is 49.4 Å². The highest BCUT2D eigenvalue weighted by molar-refractivity contribution is 6.22. The average Bonchev–Trinajstić information content (AvgIpc) is 2.79. The number of nitrogens with one attached hydrogen (secondary N) is 1. The van der Waals surface area contributed by atoms with E-state index in [0.29, 0.717) is 23.6 Å². The predicted octanol–water partition coefficient (Wildman–Crippen LogP) is 3.04. The van der Waals surface area contributed by atoms with Crippen LogP contribution in [-0.4, -0.2) is 23.9 Å². The molecule has 0 spiro atoms. The van der Waals surface area contributed by atoms with Gasteiger partial charge in [0, 0.05) is 6.04 Å². The first-order valence-electron chi connectivity index (χ1n) is 8.67. The van der Waals surface area contributed by atoms with Crippen LogP contribution in [0.2, 0.25) is 0 Å². The van der Waals surface area contributed by atoms with E-state index in [1.165, 1.54) is 17.7 Å². The molecule has 3 rings (SSSR count). The number of imide groups is 1. The fraction of sp³-hybridized carbons (Fsp3) is 0.579. The molecule has 1 N–H and O–H groups in total. The number of amides is 2. The van der Waals surface area contributed by atoms with Gasteiger partial charge < -0.3 is 5.32 Å². The summed E-state index contributed by atoms with van der Waals surface area (Å²) < 4.78 is 0. The molecule has 2 amide bonds. The second-order valence-electron chi connectivity index (χ2n) is 7.20. The molecular formula is C19H26N2O2. The van der Waals surface area contributed by atoms with Crippen molar-refractivity contribution in [2.24, 2.45) is 11.8 Å². The van der Waals surface area contributed by atoms with Crippen molar-refractivity contribution in [3.8, 4) is 0 Å². The van der Waals surface area contributed by atoms with Gasteiger partial charge in [-0.1, -0.05) is 44.4 Å². The van der Waals surface area contributed by atoms with Gasteiger partial charge in [-0.2, -0.15) is 0 Å². The normalized spacial score (nSPS) is 31.7. The Bertz CT molecular complexity index is 596. The highest BCUT2D eigenvalue weighted by Gasteiger charge is 2.41. The Morgan fingerprint density at radius 3 is 2.48 bits per heavy atom. The van der Waals surface area contributed by atoms with E-state index in [-0.39, 0.29) is 24.3 Å². The number of anilines is 1. The van der Waals surface area contributed by atoms with Crippen LogP contribution in [0.15, 0.2) is 24.3 Å². The van der Waals surface area contributed by atoms with E-state index in [1.54, 1.807) is 0 Å². The molecule has 1 saturated heterocycles. The lowest BCUT2D eigenvalue weighted by Crippen LogP contribution is -2.48. The number of carbonyl (C=O) groups is 2. The Labute approximate surface area is 138 Å². The molecule has 1 aliphatic heterocycles. The SMILES string of the molecule is Cc1ccc(N2C(=O)C[C@@H](N[C@@H]3CCC[C@@H](C)[C@H]3C)C2=O)cc1. The Balaban J connectivity index is 1.72. The summed E-state index contributed by atoms with van der Waals surface area (Å²) in [5.74, 6) is 0.999. The van der Waals surface area contributed by atoms with Gasteiger partial charge in [0.2, 0.25) is 5.91 Å². The van der Waals surface area contributed by atoms with E-state index in [0.717, 1.165) is 12.0 Å². The third-order valence-electron chi connectivity index (χ3n) is 5.56. The molecule has 0 bridgehead atoms. The van der Waals surface area contributed by atoms with Crippen LogP contribution < -0.4 is 10.2 Å². The molecule has 1 aromatic rings. The van der Waals surface area contributed by atoms with Gasteiger partial charge in [-0.05, 0) is 37.3 Å². The van der Waals surface area contributed by atoms with Crippen molar-refractivity contribution in [1.29, 1.82) is 0 Å². The van der Waals surface area contributed by atoms with Gasteiger partial charge in [0.15, 0.2) is 0 Å². The molecule has 0 unspecified atom stereocenters. The van der Waals surface area contributed by atoms with Crippen LogP contribution in [0.5, 0.6) is 0 Å². The van der Waals surface area contributed by atoms with Gasteiger partial charge in [0.1, 0.15) is 0 Å². The van der Waals surface area contributed by atoms with Crippen molar-refractivity contribution < 1.29 is 9.59 Å². The van der Waals surface area contributed by atoms with Gasteiger partial charge in [0.25, 0.3) is 5.91 Å². The largest absolute Gasteiger partial charge is 0.302 e. The summed E-state index contributed by atoms with van der Waals surface area (Å²) in [6.45, 7) is 6.52. The maximum Gasteiger partial charge on any atom is 0.251 e. The lowest BCUT2D eigenvalue weighted by atomic mass is 9.78. The van der Waals surface area contributed by atoms with E-state index in [2.05, 4.69) is 19.2 Å². The van der Waals surface area contributed by atoms with Gasteiger partial charge in [-0.3, -0.25) is 9.59 Å². The van der Waals surface area contributed by atoms with Gasteiger partial charge in [-0.25, -0.2) is 4.90 Å². The molecular weight excluding hydrogens is 288 g/mol. The zero-order chi connectivity index (χ0) is 16.6. The molecule has 2 fully saturated rings. The van der Waals surface area contributed by atoms with Gasteiger partial charge in [-0.15, -0.1) is 0 Å². The molecule has 124 valence electrons. The molecule has 0 radical (unpaired) electrons. The third-order valence-corrected chi connectivity index (χ3v) is 5.56. The smallest absolute Gasteiger partial charge is 0.251 e. The van der Waals surface area contributed by atoms with Crippen LogP contribution in [0.25, 0.3) is 0 Å². The van der Waals surface area contributed by atoms with Crippen molar-refractivity contribution in [2.45, 2.75) is 58.5 Å². The first-order chi connectivity index (χ1) is 11.0. The van der Waals surface area contributed by atoms with E-state index in [4.69, 9.17) is 0 Å². The van der Waals surface area contributed by atoms with Crippen LogP contribution in [0.3, 0.4) is 0 Å². The first-order valence-corrected chi connectivity index (χ1v) is 8.67. The molecule has 1 saturated carbocycles. The van der Waals surface area contributed by atoms with Crippen molar-refractivity contribution in [3.63, 3.8) is 0 Å². The third kappa shape index (κ3) is 3.18. The Kier molecular flexibility index (Phi) is 4.53. The zero-order valence-corrected chi connectivity index (χ0v) is 14.2. The minimum absolute atomic E-state index is 0.104. The van der Waals surface area contributed by atoms with Gasteiger partial charge >= 0.3 is 0 Å². The lowest BCUT2D eigenvalue weighted by Gasteiger charge is -2.36. The van der Waals surface area contributed by atoms with Crippen LogP contribution in [0.4, 0.5) is 5.69 Å². The Hall–Kier alpha value is -1.68. The molecule has 2 aliphatic rings. The summed E-state index contributed by atoms with van der Waals surface area (Å²) in [5.41, 5.74) is 1.80. The van der Waals surface area contributed by atoms with Crippen molar-refractivity contribution >= 4 is 17.5 Å². The van der Waals surface area contributed by atoms with E-state index in [1.807, 2.05) is 31.2 Å². The van der Waals surface area contributed by atoms with Crippen LogP contribution in [0.1, 0.15) is 45.1 Å². The number of benzene rings is 1. The van der Waals surface area contributed by atoms with Crippen LogP contribution >= 0.6 is 0 Å². The molecule has 23 heavy (non-hydrogen) atoms. The summed E-state index contributed by atoms with van der Waals surface area (Å²) in [5, 5.41) is 3.48. The summed E-state index contributed by atoms with van der Waals surface area (Å²) in [6.07, 6.45) is 3.81. The van der Waals surface area contributed by atoms with Crippen molar-refractivity contribution in [3.05, 3.63) is 29.8 Å². The Morgan fingerprint density at radius 2 is 1.78 bits per heavy atom. The first kappa shape index (κ1) is 16.2. The summed E-state index contributed by atoms with van der Waals surface area (Å²) in [7, 11) is 0. The second-order valence-corrected chi connectivity index (χ2v) is 7.20. The number of carbonyl (C=O) groups excluding carboxylic acids is 2. The fourth-order valence-electron chi connectivity index (χ4n) is 3.80. The molecule has 0 aromatic heterocycles. The summed E-state index contributed by atoms with van der Waals surface area (Å²) >= 11 is 0. The molecule has 4 nitrogen and oxygen atoms in total. The van der Waals surface area contributed by atoms with E-state index in [9.17, 15) is 9.59 Å². The zero-order valence-electron chi connectivity index (χ0n) is 14.2. The molecule has 1 aromatic carbocycles. The van der Waals surface area contributed by atoms with Crippen molar-refractivity contribution in [1.82, 2.24) is 5.32 Å². The highest BCUT2D eigenvalue weighted by Crippen LogP contribution is 2.31. The minimum atomic E-state index is -0.374. The summed E-state index contributed by atoms with van der Waals surface area (Å²) in [6, 6.07) is 7.51. The molecule has 1 aliphatic carbocycles. The molecule has 4 heteroatoms. The van der Waals surface area contributed by atoms with Crippen molar-refractivity contribution in [2.75, 3.05) is 4.90 Å².